The van der Waals surface area contributed by atoms with Gasteiger partial charge in [-0.15, -0.1) is 0 Å². The lowest BCUT2D eigenvalue weighted by atomic mass is 9.66. The molecular formula is C60H37NO2. The van der Waals surface area contributed by atoms with E-state index < -0.39 is 10.8 Å². The summed E-state index contributed by atoms with van der Waals surface area (Å²) in [6.45, 7) is 0. The third kappa shape index (κ3) is 4.43. The molecule has 14 rings (SSSR count). The topological polar surface area (TPSA) is 21.7 Å². The molecule has 0 radical (unpaired) electrons. The van der Waals surface area contributed by atoms with Crippen molar-refractivity contribution in [1.82, 2.24) is 0 Å². The number of anilines is 3. The summed E-state index contributed by atoms with van der Waals surface area (Å²) in [7, 11) is 0. The summed E-state index contributed by atoms with van der Waals surface area (Å²) in [5, 5.41) is 2.34. The first kappa shape index (κ1) is 34.6. The molecular weight excluding hydrogens is 767 g/mol. The van der Waals surface area contributed by atoms with Gasteiger partial charge in [0.05, 0.1) is 16.5 Å². The Kier molecular flexibility index (Phi) is 6.97. The van der Waals surface area contributed by atoms with Gasteiger partial charge in [0.25, 0.3) is 0 Å². The van der Waals surface area contributed by atoms with Gasteiger partial charge in [-0.25, -0.2) is 0 Å². The van der Waals surface area contributed by atoms with Crippen LogP contribution in [0.2, 0.25) is 0 Å². The Balaban J connectivity index is 1.07. The minimum atomic E-state index is -0.605. The van der Waals surface area contributed by atoms with Crippen LogP contribution in [0.5, 0.6) is 23.0 Å². The van der Waals surface area contributed by atoms with Crippen LogP contribution in [0.4, 0.5) is 17.1 Å². The smallest absolute Gasteiger partial charge is 0.132 e. The van der Waals surface area contributed by atoms with Gasteiger partial charge < -0.3 is 14.4 Å². The molecule has 0 aromatic heterocycles. The van der Waals surface area contributed by atoms with E-state index in [9.17, 15) is 0 Å². The van der Waals surface area contributed by atoms with Crippen molar-refractivity contribution in [2.45, 2.75) is 10.8 Å². The van der Waals surface area contributed by atoms with Crippen LogP contribution >= 0.6 is 0 Å². The monoisotopic (exact) mass is 803 g/mol. The third-order valence-electron chi connectivity index (χ3n) is 14.2. The number of benzene rings is 10. The molecule has 4 aliphatic rings. The second-order valence-corrected chi connectivity index (χ2v) is 17.1. The van der Waals surface area contributed by atoms with E-state index in [1.165, 1.54) is 49.9 Å². The van der Waals surface area contributed by atoms with E-state index in [-0.39, 0.29) is 0 Å². The van der Waals surface area contributed by atoms with Gasteiger partial charge in [-0.3, -0.25) is 0 Å². The highest BCUT2D eigenvalue weighted by atomic mass is 16.5. The van der Waals surface area contributed by atoms with Crippen molar-refractivity contribution in [3.05, 3.63) is 269 Å². The zero-order valence-corrected chi connectivity index (χ0v) is 34.1. The zero-order valence-electron chi connectivity index (χ0n) is 34.1. The molecule has 2 spiro atoms. The minimum Gasteiger partial charge on any atom is -0.457 e. The Hall–Kier alpha value is -8.14. The van der Waals surface area contributed by atoms with Crippen molar-refractivity contribution in [3.63, 3.8) is 0 Å². The van der Waals surface area contributed by atoms with Gasteiger partial charge in [-0.2, -0.15) is 0 Å². The van der Waals surface area contributed by atoms with Crippen molar-refractivity contribution >= 4 is 27.8 Å². The van der Waals surface area contributed by atoms with E-state index in [1.807, 2.05) is 0 Å². The largest absolute Gasteiger partial charge is 0.457 e. The average Bonchev–Trinajstić information content (AvgIpc) is 3.81. The molecule has 3 nitrogen and oxygen atoms in total. The second kappa shape index (κ2) is 12.7. The molecule has 63 heavy (non-hydrogen) atoms. The standard InChI is InChI=1S/C60H37NO2/c1-2-18-41-38(16-1)17-15-29-54(41)61(39-32-34-57-52(36-39)59(50-27-11-13-30-55(50)62-57)46-23-7-3-19-42(46)43-20-4-8-24-47(43)59)40-33-35-58-53(37-40)60(51-28-12-14-31-56(51)63-58)48-25-9-5-21-44(48)45-22-6-10-26-49(45)60/h1-37H. The Morgan fingerprint density at radius 3 is 1.13 bits per heavy atom. The van der Waals surface area contributed by atoms with Crippen molar-refractivity contribution in [3.8, 4) is 45.3 Å². The number of hydrogen-bond donors (Lipinski definition) is 0. The first-order valence-corrected chi connectivity index (χ1v) is 21.7. The molecule has 2 heterocycles. The Morgan fingerprint density at radius 1 is 0.286 bits per heavy atom. The number of nitrogens with zero attached hydrogens (tertiary/aromatic N) is 1. The molecule has 0 saturated carbocycles. The summed E-state index contributed by atoms with van der Waals surface area (Å²) in [6.07, 6.45) is 0. The summed E-state index contributed by atoms with van der Waals surface area (Å²) in [5.74, 6) is 3.48. The molecule has 10 aromatic carbocycles. The average molecular weight is 804 g/mol. The predicted octanol–water partition coefficient (Wildman–Crippen LogP) is 15.2. The fourth-order valence-electron chi connectivity index (χ4n) is 11.8. The number of rotatable bonds is 3. The molecule has 0 fully saturated rings. The van der Waals surface area contributed by atoms with Crippen molar-refractivity contribution in [2.75, 3.05) is 4.90 Å². The van der Waals surface area contributed by atoms with Crippen LogP contribution in [0.1, 0.15) is 44.5 Å². The first-order valence-electron chi connectivity index (χ1n) is 21.7. The number of ether oxygens (including phenoxy) is 2. The minimum absolute atomic E-state index is 0.605. The van der Waals surface area contributed by atoms with Gasteiger partial charge in [-0.05, 0) is 104 Å². The quantitative estimate of drug-likeness (QED) is 0.178. The van der Waals surface area contributed by atoms with Crippen molar-refractivity contribution in [2.24, 2.45) is 0 Å². The van der Waals surface area contributed by atoms with Gasteiger partial charge in [0.2, 0.25) is 0 Å². The van der Waals surface area contributed by atoms with Crippen LogP contribution in [0.15, 0.2) is 224 Å². The highest BCUT2D eigenvalue weighted by Crippen LogP contribution is 2.65. The molecule has 0 unspecified atom stereocenters. The number of fused-ring (bicyclic) bond motifs is 19. The van der Waals surface area contributed by atoms with Gasteiger partial charge in [0.15, 0.2) is 0 Å². The molecule has 2 aliphatic carbocycles. The van der Waals surface area contributed by atoms with E-state index in [2.05, 4.69) is 229 Å². The molecule has 2 aliphatic heterocycles. The lowest BCUT2D eigenvalue weighted by molar-refractivity contribution is 0.436. The third-order valence-corrected chi connectivity index (χ3v) is 14.2. The Morgan fingerprint density at radius 2 is 0.651 bits per heavy atom. The maximum absolute atomic E-state index is 6.91. The molecule has 0 atom stereocenters. The molecule has 294 valence electrons. The lowest BCUT2D eigenvalue weighted by Gasteiger charge is -2.41. The molecule has 0 bridgehead atoms. The van der Waals surface area contributed by atoms with E-state index in [1.54, 1.807) is 0 Å². The van der Waals surface area contributed by atoms with Crippen LogP contribution in [-0.2, 0) is 10.8 Å². The summed E-state index contributed by atoms with van der Waals surface area (Å²) in [4.78, 5) is 2.45. The van der Waals surface area contributed by atoms with Crippen molar-refractivity contribution in [1.29, 1.82) is 0 Å². The SMILES string of the molecule is c1ccc2c(c1)Oc1ccc(N(c3ccc4c(c3)C3(c5ccccc5O4)c4ccccc4-c4ccccc43)c3cccc4ccccc34)cc1C21c2ccccc2-c2ccccc21. The Bertz CT molecular complexity index is 3270. The molecule has 3 heteroatoms. The van der Waals surface area contributed by atoms with E-state index in [0.717, 1.165) is 67.7 Å². The maximum atomic E-state index is 6.91. The molecule has 0 amide bonds. The normalized spacial score (nSPS) is 14.5. The number of hydrogen-bond acceptors (Lipinski definition) is 3. The van der Waals surface area contributed by atoms with Gasteiger partial charge in [0.1, 0.15) is 23.0 Å². The first-order chi connectivity index (χ1) is 31.2. The summed E-state index contributed by atoms with van der Waals surface area (Å²) in [6, 6.07) is 81.8. The van der Waals surface area contributed by atoms with Gasteiger partial charge in [-0.1, -0.05) is 170 Å². The fourth-order valence-corrected chi connectivity index (χ4v) is 11.8. The van der Waals surface area contributed by atoms with E-state index in [0.29, 0.717) is 0 Å². The Labute approximate surface area is 365 Å². The van der Waals surface area contributed by atoms with Gasteiger partial charge >= 0.3 is 0 Å². The molecule has 10 aromatic rings. The van der Waals surface area contributed by atoms with Crippen LogP contribution in [0, 0.1) is 0 Å². The molecule has 0 saturated heterocycles. The number of para-hydroxylation sites is 2. The highest BCUT2D eigenvalue weighted by Gasteiger charge is 2.53. The summed E-state index contributed by atoms with van der Waals surface area (Å²) < 4.78 is 13.8. The van der Waals surface area contributed by atoms with E-state index in [4.69, 9.17) is 9.47 Å². The lowest BCUT2D eigenvalue weighted by Crippen LogP contribution is -2.32. The summed E-state index contributed by atoms with van der Waals surface area (Å²) in [5.41, 5.74) is 16.6. The van der Waals surface area contributed by atoms with Crippen LogP contribution in [0.25, 0.3) is 33.0 Å². The molecule has 0 N–H and O–H groups in total. The van der Waals surface area contributed by atoms with Crippen LogP contribution < -0.4 is 14.4 Å². The van der Waals surface area contributed by atoms with Crippen molar-refractivity contribution < 1.29 is 9.47 Å². The highest BCUT2D eigenvalue weighted by molar-refractivity contribution is 6.00. The van der Waals surface area contributed by atoms with Crippen LogP contribution in [-0.4, -0.2) is 0 Å². The second-order valence-electron chi connectivity index (χ2n) is 17.1. The van der Waals surface area contributed by atoms with E-state index >= 15 is 0 Å². The maximum Gasteiger partial charge on any atom is 0.132 e. The zero-order chi connectivity index (χ0) is 41.3. The summed E-state index contributed by atoms with van der Waals surface area (Å²) >= 11 is 0. The van der Waals surface area contributed by atoms with Crippen LogP contribution in [0.3, 0.4) is 0 Å². The predicted molar refractivity (Wildman–Crippen MR) is 253 cm³/mol. The fraction of sp³-hybridized carbons (Fsp3) is 0.0333. The van der Waals surface area contributed by atoms with Gasteiger partial charge in [0, 0.05) is 39.0 Å².